The van der Waals surface area contributed by atoms with Crippen LogP contribution in [0.4, 0.5) is 10.8 Å². The molecule has 9 heteroatoms. The molecule has 3 aromatic rings. The Morgan fingerprint density at radius 3 is 2.79 bits per heavy atom. The van der Waals surface area contributed by atoms with E-state index in [1.165, 1.54) is 40.5 Å². The number of rotatable bonds is 5. The van der Waals surface area contributed by atoms with Crippen molar-refractivity contribution in [2.75, 3.05) is 18.1 Å². The average Bonchev–Trinajstić information content (AvgIpc) is 3.31. The van der Waals surface area contributed by atoms with Gasteiger partial charge in [-0.2, -0.15) is 0 Å². The van der Waals surface area contributed by atoms with Crippen LogP contribution in [0.15, 0.2) is 48.5 Å². The van der Waals surface area contributed by atoms with E-state index in [-0.39, 0.29) is 23.8 Å². The number of fused-ring (bicyclic) bond motifs is 1. The largest absolute Gasteiger partial charge is 0.324 e. The number of aromatic nitrogens is 1. The van der Waals surface area contributed by atoms with Crippen molar-refractivity contribution in [2.24, 2.45) is 0 Å². The van der Waals surface area contributed by atoms with E-state index in [4.69, 9.17) is 0 Å². The molecule has 4 rings (SSSR count). The molecule has 0 atom stereocenters. The normalized spacial score (nSPS) is 13.9. The Balaban J connectivity index is 1.73. The molecule has 2 amide bonds. The molecule has 1 fully saturated rings. The first-order chi connectivity index (χ1) is 13.5. The second-order valence-corrected chi connectivity index (χ2v) is 7.42. The lowest BCUT2D eigenvalue weighted by Crippen LogP contribution is -2.42. The topological polar surface area (TPSA) is 96.7 Å². The molecular weight excluding hydrogens is 380 g/mol. The number of anilines is 1. The third-order valence-corrected chi connectivity index (χ3v) is 5.61. The number of hydrogen-bond acceptors (Lipinski definition) is 6. The van der Waals surface area contributed by atoms with Crippen LogP contribution in [0.25, 0.3) is 10.2 Å². The monoisotopic (exact) mass is 396 g/mol. The minimum absolute atomic E-state index is 0.0158. The summed E-state index contributed by atoms with van der Waals surface area (Å²) in [5.41, 5.74) is 0.777. The summed E-state index contributed by atoms with van der Waals surface area (Å²) in [5.74, 6) is -0.444. The van der Waals surface area contributed by atoms with Gasteiger partial charge in [0.1, 0.15) is 6.67 Å². The SMILES string of the molecule is O=C1CCCN1CN(C(=O)c1cccc([N+](=O)[O-])c1)c1nc2ccccc2s1. The van der Waals surface area contributed by atoms with Crippen molar-refractivity contribution in [1.29, 1.82) is 0 Å². The highest BCUT2D eigenvalue weighted by Gasteiger charge is 2.28. The van der Waals surface area contributed by atoms with Crippen molar-refractivity contribution < 1.29 is 14.5 Å². The molecule has 1 aliphatic rings. The standard InChI is InChI=1S/C19H16N4O4S/c24-17-9-4-10-21(17)12-22(19-20-15-7-1-2-8-16(15)28-19)18(25)13-5-3-6-14(11-13)23(26)27/h1-3,5-8,11H,4,9-10,12H2. The number of carbonyl (C=O) groups is 2. The van der Waals surface area contributed by atoms with Gasteiger partial charge < -0.3 is 4.90 Å². The number of carbonyl (C=O) groups excluding carboxylic acids is 2. The minimum Gasteiger partial charge on any atom is -0.324 e. The Bertz CT molecular complexity index is 1050. The molecule has 0 N–H and O–H groups in total. The van der Waals surface area contributed by atoms with Crippen LogP contribution >= 0.6 is 11.3 Å². The number of nitrogens with zero attached hydrogens (tertiary/aromatic N) is 4. The summed E-state index contributed by atoms with van der Waals surface area (Å²) in [6.45, 7) is 0.641. The average molecular weight is 396 g/mol. The van der Waals surface area contributed by atoms with Crippen molar-refractivity contribution in [3.8, 4) is 0 Å². The second-order valence-electron chi connectivity index (χ2n) is 6.41. The van der Waals surface area contributed by atoms with Gasteiger partial charge in [-0.25, -0.2) is 4.98 Å². The Hall–Kier alpha value is -3.33. The van der Waals surface area contributed by atoms with Crippen molar-refractivity contribution in [2.45, 2.75) is 12.8 Å². The third kappa shape index (κ3) is 3.44. The maximum absolute atomic E-state index is 13.2. The van der Waals surface area contributed by atoms with Crippen LogP contribution in [-0.2, 0) is 4.79 Å². The van der Waals surface area contributed by atoms with Gasteiger partial charge in [0.05, 0.1) is 15.1 Å². The number of thiazole rings is 1. The highest BCUT2D eigenvalue weighted by atomic mass is 32.1. The number of non-ortho nitro benzene ring substituents is 1. The molecule has 0 unspecified atom stereocenters. The molecule has 0 saturated carbocycles. The van der Waals surface area contributed by atoms with E-state index >= 15 is 0 Å². The number of amides is 2. The first kappa shape index (κ1) is 18.1. The summed E-state index contributed by atoms with van der Waals surface area (Å²) in [4.78, 5) is 43.4. The summed E-state index contributed by atoms with van der Waals surface area (Å²) in [6.07, 6.45) is 1.20. The Morgan fingerprint density at radius 2 is 2.07 bits per heavy atom. The highest BCUT2D eigenvalue weighted by Crippen LogP contribution is 2.30. The van der Waals surface area contributed by atoms with Crippen molar-refractivity contribution >= 4 is 44.2 Å². The lowest BCUT2D eigenvalue weighted by molar-refractivity contribution is -0.384. The first-order valence-corrected chi connectivity index (χ1v) is 9.54. The van der Waals surface area contributed by atoms with Crippen LogP contribution in [0.3, 0.4) is 0 Å². The van der Waals surface area contributed by atoms with Gasteiger partial charge in [0.25, 0.3) is 11.6 Å². The molecule has 1 saturated heterocycles. The minimum atomic E-state index is -0.539. The van der Waals surface area contributed by atoms with Gasteiger partial charge >= 0.3 is 0 Å². The maximum Gasteiger partial charge on any atom is 0.270 e. The molecule has 142 valence electrons. The zero-order valence-electron chi connectivity index (χ0n) is 14.8. The lowest BCUT2D eigenvalue weighted by Gasteiger charge is -2.25. The van der Waals surface area contributed by atoms with Gasteiger partial charge in [0.2, 0.25) is 5.91 Å². The number of benzene rings is 2. The van der Waals surface area contributed by atoms with Gasteiger partial charge in [0.15, 0.2) is 5.13 Å². The first-order valence-electron chi connectivity index (χ1n) is 8.72. The quantitative estimate of drug-likeness (QED) is 0.486. The molecule has 0 bridgehead atoms. The fourth-order valence-electron chi connectivity index (χ4n) is 3.12. The molecule has 2 aromatic carbocycles. The number of nitro groups is 1. The molecular formula is C19H16N4O4S. The molecule has 8 nitrogen and oxygen atoms in total. The van der Waals surface area contributed by atoms with Gasteiger partial charge in [-0.1, -0.05) is 29.5 Å². The zero-order valence-corrected chi connectivity index (χ0v) is 15.6. The maximum atomic E-state index is 13.2. The van der Waals surface area contributed by atoms with Crippen LogP contribution in [0.5, 0.6) is 0 Å². The van der Waals surface area contributed by atoms with E-state index < -0.39 is 10.8 Å². The van der Waals surface area contributed by atoms with Crippen LogP contribution in [0, 0.1) is 10.1 Å². The fourth-order valence-corrected chi connectivity index (χ4v) is 4.08. The van der Waals surface area contributed by atoms with E-state index in [9.17, 15) is 19.7 Å². The molecule has 0 spiro atoms. The summed E-state index contributed by atoms with van der Waals surface area (Å²) >= 11 is 1.35. The molecule has 28 heavy (non-hydrogen) atoms. The number of likely N-dealkylation sites (tertiary alicyclic amines) is 1. The van der Waals surface area contributed by atoms with Crippen molar-refractivity contribution in [1.82, 2.24) is 9.88 Å². The van der Waals surface area contributed by atoms with E-state index in [0.717, 1.165) is 16.6 Å². The molecule has 1 aromatic heterocycles. The van der Waals surface area contributed by atoms with Crippen molar-refractivity contribution in [3.05, 3.63) is 64.2 Å². The summed E-state index contributed by atoms with van der Waals surface area (Å²) in [7, 11) is 0. The smallest absolute Gasteiger partial charge is 0.270 e. The fraction of sp³-hybridized carbons (Fsp3) is 0.211. The Labute approximate surface area is 164 Å². The molecule has 2 heterocycles. The summed E-state index contributed by atoms with van der Waals surface area (Å²) < 4.78 is 0.919. The van der Waals surface area contributed by atoms with Gasteiger partial charge in [0, 0.05) is 30.7 Å². The van der Waals surface area contributed by atoms with E-state index in [1.54, 1.807) is 4.90 Å². The summed E-state index contributed by atoms with van der Waals surface area (Å²) in [5, 5.41) is 11.5. The second kappa shape index (κ2) is 7.35. The van der Waals surface area contributed by atoms with E-state index in [2.05, 4.69) is 4.98 Å². The number of nitro benzene ring substituents is 1. The Morgan fingerprint density at radius 1 is 1.25 bits per heavy atom. The summed E-state index contributed by atoms with van der Waals surface area (Å²) in [6, 6.07) is 13.1. The van der Waals surface area contributed by atoms with Gasteiger partial charge in [-0.05, 0) is 24.6 Å². The number of hydrogen-bond donors (Lipinski definition) is 0. The molecule has 1 aliphatic heterocycles. The van der Waals surface area contributed by atoms with Crippen LogP contribution in [0.2, 0.25) is 0 Å². The van der Waals surface area contributed by atoms with E-state index in [0.29, 0.717) is 18.1 Å². The van der Waals surface area contributed by atoms with Crippen LogP contribution in [0.1, 0.15) is 23.2 Å². The van der Waals surface area contributed by atoms with Crippen LogP contribution < -0.4 is 4.90 Å². The van der Waals surface area contributed by atoms with Crippen molar-refractivity contribution in [3.63, 3.8) is 0 Å². The van der Waals surface area contributed by atoms with Gasteiger partial charge in [-0.15, -0.1) is 0 Å². The Kier molecular flexibility index (Phi) is 4.74. The zero-order chi connectivity index (χ0) is 19.7. The number of para-hydroxylation sites is 1. The lowest BCUT2D eigenvalue weighted by atomic mass is 10.2. The predicted octanol–water partition coefficient (Wildman–Crippen LogP) is 3.43. The predicted molar refractivity (Wildman–Crippen MR) is 105 cm³/mol. The highest BCUT2D eigenvalue weighted by molar-refractivity contribution is 7.22. The van der Waals surface area contributed by atoms with Gasteiger partial charge in [-0.3, -0.25) is 24.6 Å². The third-order valence-electron chi connectivity index (χ3n) is 4.55. The van der Waals surface area contributed by atoms with Crippen LogP contribution in [-0.4, -0.2) is 39.8 Å². The van der Waals surface area contributed by atoms with E-state index in [1.807, 2.05) is 24.3 Å². The molecule has 0 radical (unpaired) electrons. The molecule has 0 aliphatic carbocycles.